The Balaban J connectivity index is 2.48. The van der Waals surface area contributed by atoms with Gasteiger partial charge in [0.1, 0.15) is 0 Å². The molecule has 2 heterocycles. The minimum atomic E-state index is -0.119. The summed E-state index contributed by atoms with van der Waals surface area (Å²) in [4.78, 5) is 4.21. The summed E-state index contributed by atoms with van der Waals surface area (Å²) in [5.41, 5.74) is 2.02. The van der Waals surface area contributed by atoms with Crippen LogP contribution < -0.4 is 5.32 Å². The Hall–Kier alpha value is -1.62. The molecular weight excluding hydrogens is 202 g/mol. The molecule has 0 saturated heterocycles. The van der Waals surface area contributed by atoms with Crippen LogP contribution in [0.4, 0.5) is 0 Å². The molecule has 0 atom stereocenters. The van der Waals surface area contributed by atoms with Gasteiger partial charge in [0, 0.05) is 13.2 Å². The SMILES string of the molecule is CNC(C)(C)c1cncn1-c1cnn(C)c1. The molecule has 0 aliphatic carbocycles. The third-order valence-corrected chi connectivity index (χ3v) is 2.87. The van der Waals surface area contributed by atoms with Crippen LogP contribution in [-0.4, -0.2) is 26.4 Å². The Kier molecular flexibility index (Phi) is 2.55. The first-order valence-electron chi connectivity index (χ1n) is 5.25. The second-order valence-electron chi connectivity index (χ2n) is 4.40. The number of imidazole rings is 1. The lowest BCUT2D eigenvalue weighted by Crippen LogP contribution is -2.35. The minimum Gasteiger partial charge on any atom is -0.310 e. The predicted molar refractivity (Wildman–Crippen MR) is 62.4 cm³/mol. The number of hydrogen-bond acceptors (Lipinski definition) is 3. The van der Waals surface area contributed by atoms with Crippen LogP contribution in [0, 0.1) is 0 Å². The molecule has 2 rings (SSSR count). The van der Waals surface area contributed by atoms with Crippen LogP contribution in [0.1, 0.15) is 19.5 Å². The number of nitrogens with one attached hydrogen (secondary N) is 1. The van der Waals surface area contributed by atoms with Crippen LogP contribution in [0.15, 0.2) is 24.9 Å². The van der Waals surface area contributed by atoms with Crippen molar-refractivity contribution in [1.82, 2.24) is 24.6 Å². The van der Waals surface area contributed by atoms with Crippen molar-refractivity contribution in [2.75, 3.05) is 7.05 Å². The van der Waals surface area contributed by atoms with Gasteiger partial charge in [0.2, 0.25) is 0 Å². The van der Waals surface area contributed by atoms with Gasteiger partial charge < -0.3 is 5.32 Å². The molecule has 5 heteroatoms. The highest BCUT2D eigenvalue weighted by Crippen LogP contribution is 2.21. The van der Waals surface area contributed by atoms with Gasteiger partial charge in [-0.2, -0.15) is 5.10 Å². The molecule has 1 N–H and O–H groups in total. The maximum Gasteiger partial charge on any atom is 0.0995 e. The standard InChI is InChI=1S/C11H17N5/c1-11(2,12-3)10-6-13-8-16(10)9-5-14-15(4)7-9/h5-8,12H,1-4H3. The number of aryl methyl sites for hydroxylation is 1. The van der Waals surface area contributed by atoms with Crippen molar-refractivity contribution in [2.45, 2.75) is 19.4 Å². The summed E-state index contributed by atoms with van der Waals surface area (Å²) in [6.45, 7) is 4.24. The van der Waals surface area contributed by atoms with Gasteiger partial charge in [-0.25, -0.2) is 4.98 Å². The fraction of sp³-hybridized carbons (Fsp3) is 0.455. The summed E-state index contributed by atoms with van der Waals surface area (Å²) in [6, 6.07) is 0. The third-order valence-electron chi connectivity index (χ3n) is 2.87. The van der Waals surface area contributed by atoms with E-state index in [4.69, 9.17) is 0 Å². The van der Waals surface area contributed by atoms with Gasteiger partial charge in [0.15, 0.2) is 0 Å². The van der Waals surface area contributed by atoms with E-state index in [9.17, 15) is 0 Å². The molecule has 0 radical (unpaired) electrons. The average molecular weight is 219 g/mol. The Morgan fingerprint density at radius 2 is 2.06 bits per heavy atom. The summed E-state index contributed by atoms with van der Waals surface area (Å²) >= 11 is 0. The number of rotatable bonds is 3. The fourth-order valence-electron chi connectivity index (χ4n) is 1.62. The molecule has 0 saturated carbocycles. The lowest BCUT2D eigenvalue weighted by atomic mass is 10.0. The lowest BCUT2D eigenvalue weighted by Gasteiger charge is -2.24. The van der Waals surface area contributed by atoms with Crippen molar-refractivity contribution in [3.8, 4) is 5.69 Å². The first-order valence-corrected chi connectivity index (χ1v) is 5.25. The van der Waals surface area contributed by atoms with Crippen LogP contribution in [0.25, 0.3) is 5.69 Å². The van der Waals surface area contributed by atoms with Gasteiger partial charge in [-0.15, -0.1) is 0 Å². The Morgan fingerprint density at radius 1 is 1.31 bits per heavy atom. The van der Waals surface area contributed by atoms with Crippen LogP contribution in [0.2, 0.25) is 0 Å². The molecule has 0 fully saturated rings. The Morgan fingerprint density at radius 3 is 2.62 bits per heavy atom. The molecule has 0 aliphatic rings. The number of nitrogens with zero attached hydrogens (tertiary/aromatic N) is 4. The van der Waals surface area contributed by atoms with E-state index in [0.717, 1.165) is 11.4 Å². The highest BCUT2D eigenvalue weighted by Gasteiger charge is 2.22. The lowest BCUT2D eigenvalue weighted by molar-refractivity contribution is 0.425. The zero-order valence-corrected chi connectivity index (χ0v) is 10.1. The predicted octanol–water partition coefficient (Wildman–Crippen LogP) is 1.06. The van der Waals surface area contributed by atoms with E-state index in [-0.39, 0.29) is 5.54 Å². The maximum atomic E-state index is 4.21. The number of aromatic nitrogens is 4. The van der Waals surface area contributed by atoms with Crippen LogP contribution in [0.5, 0.6) is 0 Å². The Bertz CT molecular complexity index is 480. The van der Waals surface area contributed by atoms with Gasteiger partial charge in [0.05, 0.1) is 35.6 Å². The summed E-state index contributed by atoms with van der Waals surface area (Å²) in [7, 11) is 3.85. The number of hydrogen-bond donors (Lipinski definition) is 1. The zero-order chi connectivity index (χ0) is 11.8. The van der Waals surface area contributed by atoms with Crippen LogP contribution in [-0.2, 0) is 12.6 Å². The second kappa shape index (κ2) is 3.75. The van der Waals surface area contributed by atoms with Crippen molar-refractivity contribution >= 4 is 0 Å². The average Bonchev–Trinajstić information content (AvgIpc) is 2.85. The maximum absolute atomic E-state index is 4.21. The molecule has 0 unspecified atom stereocenters. The van der Waals surface area contributed by atoms with E-state index in [2.05, 4.69) is 29.2 Å². The molecule has 2 aromatic rings. The second-order valence-corrected chi connectivity index (χ2v) is 4.40. The molecule has 16 heavy (non-hydrogen) atoms. The fourth-order valence-corrected chi connectivity index (χ4v) is 1.62. The summed E-state index contributed by atoms with van der Waals surface area (Å²) in [5, 5.41) is 7.44. The first-order chi connectivity index (χ1) is 7.54. The van der Waals surface area contributed by atoms with E-state index < -0.39 is 0 Å². The summed E-state index contributed by atoms with van der Waals surface area (Å²) < 4.78 is 3.83. The van der Waals surface area contributed by atoms with E-state index in [1.165, 1.54) is 0 Å². The topological polar surface area (TPSA) is 47.7 Å². The molecule has 0 aliphatic heterocycles. The van der Waals surface area contributed by atoms with Gasteiger partial charge >= 0.3 is 0 Å². The molecule has 0 aromatic carbocycles. The van der Waals surface area contributed by atoms with E-state index in [0.29, 0.717) is 0 Å². The summed E-state index contributed by atoms with van der Waals surface area (Å²) in [6.07, 6.45) is 7.49. The molecule has 0 bridgehead atoms. The quantitative estimate of drug-likeness (QED) is 0.839. The molecule has 5 nitrogen and oxygen atoms in total. The highest BCUT2D eigenvalue weighted by atomic mass is 15.3. The molecule has 0 spiro atoms. The van der Waals surface area contributed by atoms with Gasteiger partial charge in [0.25, 0.3) is 0 Å². The van der Waals surface area contributed by atoms with E-state index in [1.54, 1.807) is 4.68 Å². The Labute approximate surface area is 95.1 Å². The van der Waals surface area contributed by atoms with Crippen molar-refractivity contribution in [2.24, 2.45) is 7.05 Å². The normalized spacial score (nSPS) is 12.0. The van der Waals surface area contributed by atoms with Gasteiger partial charge in [-0.05, 0) is 20.9 Å². The largest absolute Gasteiger partial charge is 0.310 e. The zero-order valence-electron chi connectivity index (χ0n) is 10.1. The van der Waals surface area contributed by atoms with Crippen molar-refractivity contribution in [3.05, 3.63) is 30.6 Å². The van der Waals surface area contributed by atoms with Crippen molar-refractivity contribution < 1.29 is 0 Å². The van der Waals surface area contributed by atoms with Gasteiger partial charge in [-0.3, -0.25) is 9.25 Å². The van der Waals surface area contributed by atoms with Crippen molar-refractivity contribution in [3.63, 3.8) is 0 Å². The molecular formula is C11H17N5. The minimum absolute atomic E-state index is 0.119. The summed E-state index contributed by atoms with van der Waals surface area (Å²) in [5.74, 6) is 0. The molecule has 0 amide bonds. The van der Waals surface area contributed by atoms with E-state index >= 15 is 0 Å². The highest BCUT2D eigenvalue weighted by molar-refractivity contribution is 5.30. The first kappa shape index (κ1) is 10.9. The third kappa shape index (κ3) is 1.74. The molecule has 86 valence electrons. The van der Waals surface area contributed by atoms with Crippen LogP contribution in [0.3, 0.4) is 0 Å². The smallest absolute Gasteiger partial charge is 0.0995 e. The van der Waals surface area contributed by atoms with Crippen molar-refractivity contribution in [1.29, 1.82) is 0 Å². The van der Waals surface area contributed by atoms with E-state index in [1.807, 2.05) is 43.6 Å². The molecule has 2 aromatic heterocycles. The van der Waals surface area contributed by atoms with Crippen LogP contribution >= 0.6 is 0 Å². The monoisotopic (exact) mass is 219 g/mol. The van der Waals surface area contributed by atoms with Gasteiger partial charge in [-0.1, -0.05) is 0 Å².